The summed E-state index contributed by atoms with van der Waals surface area (Å²) < 4.78 is 1.00. The molecular formula is C16H18BrN5OS. The van der Waals surface area contributed by atoms with Crippen LogP contribution in [0, 0.1) is 0 Å². The fraction of sp³-hybridized carbons (Fsp3) is 0.438. The molecule has 4 rings (SSSR count). The molecule has 126 valence electrons. The van der Waals surface area contributed by atoms with Gasteiger partial charge in [-0.05, 0) is 34.1 Å². The van der Waals surface area contributed by atoms with Gasteiger partial charge in [-0.2, -0.15) is 0 Å². The van der Waals surface area contributed by atoms with Gasteiger partial charge in [0.05, 0.1) is 8.66 Å². The van der Waals surface area contributed by atoms with Gasteiger partial charge in [-0.25, -0.2) is 9.97 Å². The number of halogens is 1. The Hall–Kier alpha value is -1.51. The lowest BCUT2D eigenvalue weighted by molar-refractivity contribution is 0.0250. The van der Waals surface area contributed by atoms with Gasteiger partial charge < -0.3 is 9.80 Å². The van der Waals surface area contributed by atoms with Gasteiger partial charge in [-0.3, -0.25) is 9.69 Å². The molecule has 8 heteroatoms. The Kier molecular flexibility index (Phi) is 4.51. The van der Waals surface area contributed by atoms with Crippen molar-refractivity contribution in [2.45, 2.75) is 6.04 Å². The van der Waals surface area contributed by atoms with E-state index in [0.717, 1.165) is 53.9 Å². The number of hydrogen-bond acceptors (Lipinski definition) is 6. The summed E-state index contributed by atoms with van der Waals surface area (Å²) in [5.41, 5.74) is 0. The summed E-state index contributed by atoms with van der Waals surface area (Å²) in [6, 6.07) is 6.14. The van der Waals surface area contributed by atoms with Crippen molar-refractivity contribution in [3.8, 4) is 0 Å². The number of nitrogens with zero attached hydrogens (tertiary/aromatic N) is 5. The molecule has 0 spiro atoms. The first-order valence-electron chi connectivity index (χ1n) is 8.01. The van der Waals surface area contributed by atoms with Gasteiger partial charge in [0.15, 0.2) is 0 Å². The van der Waals surface area contributed by atoms with Gasteiger partial charge in [0.2, 0.25) is 5.95 Å². The first kappa shape index (κ1) is 16.0. The third-order valence-corrected chi connectivity index (χ3v) is 6.21. The highest BCUT2D eigenvalue weighted by atomic mass is 79.9. The van der Waals surface area contributed by atoms with Crippen LogP contribution in [0.5, 0.6) is 0 Å². The quantitative estimate of drug-likeness (QED) is 0.777. The smallest absolute Gasteiger partial charge is 0.264 e. The predicted molar refractivity (Wildman–Crippen MR) is 97.5 cm³/mol. The van der Waals surface area contributed by atoms with Crippen LogP contribution in [0.15, 0.2) is 34.4 Å². The average Bonchev–Trinajstić information content (AvgIpc) is 3.01. The van der Waals surface area contributed by atoms with Crippen LogP contribution >= 0.6 is 27.3 Å². The molecule has 0 saturated carbocycles. The van der Waals surface area contributed by atoms with Crippen molar-refractivity contribution >= 4 is 39.1 Å². The normalized spacial score (nSPS) is 19.4. The number of hydrogen-bond donors (Lipinski definition) is 0. The monoisotopic (exact) mass is 407 g/mol. The van der Waals surface area contributed by atoms with Crippen molar-refractivity contribution in [3.05, 3.63) is 39.3 Å². The molecule has 2 aromatic rings. The number of likely N-dealkylation sites (tertiary alicyclic amines) is 1. The van der Waals surface area contributed by atoms with Crippen molar-refractivity contribution in [3.63, 3.8) is 0 Å². The molecule has 0 unspecified atom stereocenters. The number of anilines is 1. The highest BCUT2D eigenvalue weighted by molar-refractivity contribution is 9.11. The molecule has 0 atom stereocenters. The molecule has 2 aromatic heterocycles. The SMILES string of the molecule is O=C(c1ccc(Br)s1)N1CC(N2CCN(c3ncccn3)CC2)C1. The second-order valence-corrected chi connectivity index (χ2v) is 8.50. The van der Waals surface area contributed by atoms with Crippen LogP contribution in [0.1, 0.15) is 9.67 Å². The van der Waals surface area contributed by atoms with E-state index < -0.39 is 0 Å². The van der Waals surface area contributed by atoms with Crippen LogP contribution < -0.4 is 4.90 Å². The molecule has 24 heavy (non-hydrogen) atoms. The third kappa shape index (κ3) is 3.18. The minimum atomic E-state index is 0.151. The molecule has 2 saturated heterocycles. The summed E-state index contributed by atoms with van der Waals surface area (Å²) in [6.45, 7) is 5.52. The van der Waals surface area contributed by atoms with Crippen molar-refractivity contribution < 1.29 is 4.79 Å². The van der Waals surface area contributed by atoms with E-state index in [1.807, 2.05) is 23.1 Å². The fourth-order valence-corrected chi connectivity index (χ4v) is 4.53. The predicted octanol–water partition coefficient (Wildman–Crippen LogP) is 1.95. The highest BCUT2D eigenvalue weighted by Crippen LogP contribution is 2.26. The summed E-state index contributed by atoms with van der Waals surface area (Å²) in [7, 11) is 0. The molecule has 2 aliphatic rings. The van der Waals surface area contributed by atoms with Crippen LogP contribution in [0.2, 0.25) is 0 Å². The van der Waals surface area contributed by atoms with E-state index in [0.29, 0.717) is 6.04 Å². The number of aromatic nitrogens is 2. The molecule has 0 aromatic carbocycles. The fourth-order valence-electron chi connectivity index (χ4n) is 3.18. The molecule has 0 bridgehead atoms. The first-order valence-corrected chi connectivity index (χ1v) is 9.62. The largest absolute Gasteiger partial charge is 0.338 e. The number of amides is 1. The second-order valence-electron chi connectivity index (χ2n) is 6.04. The Morgan fingerprint density at radius 3 is 2.46 bits per heavy atom. The lowest BCUT2D eigenvalue weighted by atomic mass is 10.1. The minimum absolute atomic E-state index is 0.151. The lowest BCUT2D eigenvalue weighted by Crippen LogP contribution is -2.64. The first-order chi connectivity index (χ1) is 11.7. The van der Waals surface area contributed by atoms with E-state index in [1.54, 1.807) is 12.4 Å². The van der Waals surface area contributed by atoms with E-state index in [2.05, 4.69) is 35.7 Å². The molecule has 0 aliphatic carbocycles. The van der Waals surface area contributed by atoms with Crippen molar-refractivity contribution in [1.82, 2.24) is 19.8 Å². The maximum absolute atomic E-state index is 12.4. The molecule has 0 radical (unpaired) electrons. The Morgan fingerprint density at radius 2 is 1.83 bits per heavy atom. The third-order valence-electron chi connectivity index (χ3n) is 4.60. The van der Waals surface area contributed by atoms with Gasteiger partial charge in [-0.1, -0.05) is 0 Å². The zero-order chi connectivity index (χ0) is 16.5. The summed E-state index contributed by atoms with van der Waals surface area (Å²) in [4.78, 5) is 28.5. The molecule has 1 amide bonds. The molecule has 2 aliphatic heterocycles. The van der Waals surface area contributed by atoms with Crippen LogP contribution in [0.4, 0.5) is 5.95 Å². The Bertz CT molecular complexity index is 710. The Balaban J connectivity index is 1.27. The number of thiophene rings is 1. The zero-order valence-corrected chi connectivity index (χ0v) is 15.5. The van der Waals surface area contributed by atoms with E-state index in [1.165, 1.54) is 11.3 Å². The van der Waals surface area contributed by atoms with Gasteiger partial charge in [-0.15, -0.1) is 11.3 Å². The maximum atomic E-state index is 12.4. The van der Waals surface area contributed by atoms with Crippen LogP contribution in [0.25, 0.3) is 0 Å². The molecule has 4 heterocycles. The molecule has 0 N–H and O–H groups in total. The van der Waals surface area contributed by atoms with E-state index >= 15 is 0 Å². The number of piperazine rings is 1. The standard InChI is InChI=1S/C16H18BrN5OS/c17-14-3-2-13(24-14)15(23)22-10-12(11-22)20-6-8-21(9-7-20)16-18-4-1-5-19-16/h1-5,12H,6-11H2. The van der Waals surface area contributed by atoms with Crippen molar-refractivity contribution in [1.29, 1.82) is 0 Å². The summed E-state index contributed by atoms with van der Waals surface area (Å²) in [6.07, 6.45) is 3.57. The molecular weight excluding hydrogens is 390 g/mol. The molecule has 2 fully saturated rings. The molecule has 6 nitrogen and oxygen atoms in total. The number of rotatable bonds is 3. The van der Waals surface area contributed by atoms with Crippen LogP contribution in [-0.4, -0.2) is 71.0 Å². The van der Waals surface area contributed by atoms with Gasteiger partial charge >= 0.3 is 0 Å². The van der Waals surface area contributed by atoms with Gasteiger partial charge in [0, 0.05) is 57.7 Å². The van der Waals surface area contributed by atoms with E-state index in [9.17, 15) is 4.79 Å². The van der Waals surface area contributed by atoms with Gasteiger partial charge in [0.25, 0.3) is 5.91 Å². The maximum Gasteiger partial charge on any atom is 0.264 e. The van der Waals surface area contributed by atoms with Crippen molar-refractivity contribution in [2.75, 3.05) is 44.2 Å². The van der Waals surface area contributed by atoms with Crippen LogP contribution in [-0.2, 0) is 0 Å². The van der Waals surface area contributed by atoms with Gasteiger partial charge in [0.1, 0.15) is 0 Å². The Morgan fingerprint density at radius 1 is 1.12 bits per heavy atom. The number of carbonyl (C=O) groups excluding carboxylic acids is 1. The Labute approximate surface area is 153 Å². The average molecular weight is 408 g/mol. The van der Waals surface area contributed by atoms with E-state index in [4.69, 9.17) is 0 Å². The van der Waals surface area contributed by atoms with Crippen molar-refractivity contribution in [2.24, 2.45) is 0 Å². The summed E-state index contributed by atoms with van der Waals surface area (Å²) >= 11 is 4.91. The second kappa shape index (κ2) is 6.78. The minimum Gasteiger partial charge on any atom is -0.338 e. The number of carbonyl (C=O) groups is 1. The highest BCUT2D eigenvalue weighted by Gasteiger charge is 2.36. The summed E-state index contributed by atoms with van der Waals surface area (Å²) in [5.74, 6) is 0.962. The zero-order valence-electron chi connectivity index (χ0n) is 13.1. The lowest BCUT2D eigenvalue weighted by Gasteiger charge is -2.48. The van der Waals surface area contributed by atoms with E-state index in [-0.39, 0.29) is 5.91 Å². The topological polar surface area (TPSA) is 52.6 Å². The van der Waals surface area contributed by atoms with Crippen LogP contribution in [0.3, 0.4) is 0 Å². The summed E-state index contributed by atoms with van der Waals surface area (Å²) in [5, 5.41) is 0.